The zero-order valence-electron chi connectivity index (χ0n) is 16.2. The van der Waals surface area contributed by atoms with E-state index in [4.69, 9.17) is 4.42 Å². The second-order valence-electron chi connectivity index (χ2n) is 7.88. The minimum atomic E-state index is -0.150. The molecule has 1 unspecified atom stereocenters. The fourth-order valence-electron chi connectivity index (χ4n) is 3.89. The van der Waals surface area contributed by atoms with E-state index in [0.29, 0.717) is 5.76 Å². The largest absolute Gasteiger partial charge is 0.456 e. The van der Waals surface area contributed by atoms with Crippen LogP contribution in [0.3, 0.4) is 0 Å². The Morgan fingerprint density at radius 1 is 1.12 bits per heavy atom. The van der Waals surface area contributed by atoms with Gasteiger partial charge in [-0.15, -0.1) is 0 Å². The molecule has 26 heavy (non-hydrogen) atoms. The summed E-state index contributed by atoms with van der Waals surface area (Å²) in [7, 11) is 0. The molecule has 0 bridgehead atoms. The highest BCUT2D eigenvalue weighted by molar-refractivity contribution is 5.91. The lowest BCUT2D eigenvalue weighted by molar-refractivity contribution is -0.138. The Balaban J connectivity index is 1.45. The number of aryl methyl sites for hydroxylation is 1. The van der Waals surface area contributed by atoms with Gasteiger partial charge < -0.3 is 14.6 Å². The molecule has 3 rings (SSSR count). The molecule has 6 heteroatoms. The molecule has 2 amide bonds. The maximum Gasteiger partial charge on any atom is 0.287 e. The molecule has 1 N–H and O–H groups in total. The van der Waals surface area contributed by atoms with Gasteiger partial charge in [-0.3, -0.25) is 14.5 Å². The van der Waals surface area contributed by atoms with Crippen molar-refractivity contribution in [1.29, 1.82) is 0 Å². The van der Waals surface area contributed by atoms with Crippen LogP contribution >= 0.6 is 0 Å². The van der Waals surface area contributed by atoms with Gasteiger partial charge in [0.1, 0.15) is 5.76 Å². The summed E-state index contributed by atoms with van der Waals surface area (Å²) in [6.07, 6.45) is 3.94. The summed E-state index contributed by atoms with van der Waals surface area (Å²) in [5.74, 6) is 1.94. The van der Waals surface area contributed by atoms with Crippen LogP contribution in [-0.2, 0) is 4.79 Å². The summed E-state index contributed by atoms with van der Waals surface area (Å²) >= 11 is 0. The second-order valence-corrected chi connectivity index (χ2v) is 7.88. The van der Waals surface area contributed by atoms with E-state index in [1.807, 2.05) is 18.7 Å². The molecule has 0 spiro atoms. The number of furan rings is 1. The second kappa shape index (κ2) is 8.25. The lowest BCUT2D eigenvalue weighted by atomic mass is 9.98. The normalized spacial score (nSPS) is 21.6. The maximum atomic E-state index is 12.8. The predicted molar refractivity (Wildman–Crippen MR) is 99.9 cm³/mol. The van der Waals surface area contributed by atoms with Crippen molar-refractivity contribution in [2.24, 2.45) is 5.92 Å². The van der Waals surface area contributed by atoms with Gasteiger partial charge in [0.25, 0.3) is 5.91 Å². The molecule has 2 fully saturated rings. The summed E-state index contributed by atoms with van der Waals surface area (Å²) < 4.78 is 5.38. The van der Waals surface area contributed by atoms with Crippen LogP contribution in [0.25, 0.3) is 0 Å². The SMILES string of the molecule is Cc1ccc(C(=O)NC2CCN(C(C)C(=O)N3CCC(C)CC3)CC2)o1. The Kier molecular flexibility index (Phi) is 6.01. The molecule has 1 aromatic heterocycles. The summed E-state index contributed by atoms with van der Waals surface area (Å²) in [5.41, 5.74) is 0. The summed E-state index contributed by atoms with van der Waals surface area (Å²) in [6.45, 7) is 9.55. The van der Waals surface area contributed by atoms with Crippen LogP contribution < -0.4 is 5.32 Å². The number of piperidine rings is 2. The van der Waals surface area contributed by atoms with Crippen molar-refractivity contribution in [3.63, 3.8) is 0 Å². The van der Waals surface area contributed by atoms with Crippen molar-refractivity contribution in [1.82, 2.24) is 15.1 Å². The van der Waals surface area contributed by atoms with Gasteiger partial charge >= 0.3 is 0 Å². The number of hydrogen-bond donors (Lipinski definition) is 1. The molecule has 6 nitrogen and oxygen atoms in total. The van der Waals surface area contributed by atoms with Crippen LogP contribution in [0.2, 0.25) is 0 Å². The van der Waals surface area contributed by atoms with Crippen molar-refractivity contribution < 1.29 is 14.0 Å². The van der Waals surface area contributed by atoms with E-state index >= 15 is 0 Å². The first kappa shape index (κ1) is 19.0. The number of nitrogens with one attached hydrogen (secondary N) is 1. The van der Waals surface area contributed by atoms with E-state index in [-0.39, 0.29) is 23.9 Å². The summed E-state index contributed by atoms with van der Waals surface area (Å²) in [6, 6.07) is 3.57. The van der Waals surface area contributed by atoms with Crippen LogP contribution in [0.5, 0.6) is 0 Å². The standard InChI is InChI=1S/C20H31N3O3/c1-14-6-10-23(11-7-14)20(25)16(3)22-12-8-17(9-13-22)21-19(24)18-5-4-15(2)26-18/h4-5,14,16-17H,6-13H2,1-3H3,(H,21,24). The monoisotopic (exact) mass is 361 g/mol. The minimum Gasteiger partial charge on any atom is -0.456 e. The van der Waals surface area contributed by atoms with Crippen molar-refractivity contribution >= 4 is 11.8 Å². The van der Waals surface area contributed by atoms with Crippen molar-refractivity contribution in [2.45, 2.75) is 58.5 Å². The van der Waals surface area contributed by atoms with E-state index in [2.05, 4.69) is 17.1 Å². The smallest absolute Gasteiger partial charge is 0.287 e. The Hall–Kier alpha value is -1.82. The van der Waals surface area contributed by atoms with Gasteiger partial charge in [0.15, 0.2) is 5.76 Å². The van der Waals surface area contributed by atoms with Crippen molar-refractivity contribution in [3.8, 4) is 0 Å². The average molecular weight is 361 g/mol. The molecule has 3 heterocycles. The number of nitrogens with zero attached hydrogens (tertiary/aromatic N) is 2. The third-order valence-electron chi connectivity index (χ3n) is 5.83. The third kappa shape index (κ3) is 4.47. The van der Waals surface area contributed by atoms with Crippen LogP contribution in [0.4, 0.5) is 0 Å². The zero-order valence-corrected chi connectivity index (χ0v) is 16.2. The van der Waals surface area contributed by atoms with E-state index in [0.717, 1.165) is 63.5 Å². The molecule has 0 saturated carbocycles. The maximum absolute atomic E-state index is 12.8. The van der Waals surface area contributed by atoms with Crippen LogP contribution in [0, 0.1) is 12.8 Å². The highest BCUT2D eigenvalue weighted by Crippen LogP contribution is 2.20. The van der Waals surface area contributed by atoms with Crippen molar-refractivity contribution in [3.05, 3.63) is 23.7 Å². The number of rotatable bonds is 4. The summed E-state index contributed by atoms with van der Waals surface area (Å²) in [5, 5.41) is 3.05. The molecule has 1 aromatic rings. The number of carbonyl (C=O) groups excluding carboxylic acids is 2. The van der Waals surface area contributed by atoms with Crippen LogP contribution in [0.1, 0.15) is 55.8 Å². The van der Waals surface area contributed by atoms with Crippen LogP contribution in [0.15, 0.2) is 16.5 Å². The third-order valence-corrected chi connectivity index (χ3v) is 5.83. The topological polar surface area (TPSA) is 65.8 Å². The molecule has 2 aliphatic heterocycles. The van der Waals surface area contributed by atoms with E-state index < -0.39 is 0 Å². The molecule has 2 saturated heterocycles. The Morgan fingerprint density at radius 3 is 2.35 bits per heavy atom. The van der Waals surface area contributed by atoms with Gasteiger partial charge in [-0.2, -0.15) is 0 Å². The predicted octanol–water partition coefficient (Wildman–Crippen LogP) is 2.43. The fourth-order valence-corrected chi connectivity index (χ4v) is 3.89. The van der Waals surface area contributed by atoms with Gasteiger partial charge in [-0.1, -0.05) is 6.92 Å². The van der Waals surface area contributed by atoms with Gasteiger partial charge in [0, 0.05) is 32.2 Å². The quantitative estimate of drug-likeness (QED) is 0.894. The van der Waals surface area contributed by atoms with E-state index in [9.17, 15) is 9.59 Å². The molecular formula is C20H31N3O3. The first-order valence-electron chi connectivity index (χ1n) is 9.84. The molecular weight excluding hydrogens is 330 g/mol. The number of hydrogen-bond acceptors (Lipinski definition) is 4. The lowest BCUT2D eigenvalue weighted by Crippen LogP contribution is -2.53. The van der Waals surface area contributed by atoms with E-state index in [1.54, 1.807) is 12.1 Å². The summed E-state index contributed by atoms with van der Waals surface area (Å²) in [4.78, 5) is 29.2. The van der Waals surface area contributed by atoms with Crippen molar-refractivity contribution in [2.75, 3.05) is 26.2 Å². The Labute approximate surface area is 155 Å². The first-order chi connectivity index (χ1) is 12.4. The first-order valence-corrected chi connectivity index (χ1v) is 9.84. The number of amides is 2. The lowest BCUT2D eigenvalue weighted by Gasteiger charge is -2.39. The Morgan fingerprint density at radius 2 is 1.77 bits per heavy atom. The molecule has 144 valence electrons. The minimum absolute atomic E-state index is 0.0761. The number of likely N-dealkylation sites (tertiary alicyclic amines) is 2. The Bertz CT molecular complexity index is 626. The number of carbonyl (C=O) groups is 2. The molecule has 0 aromatic carbocycles. The van der Waals surface area contributed by atoms with Gasteiger partial charge in [0.2, 0.25) is 5.91 Å². The average Bonchev–Trinajstić information content (AvgIpc) is 3.08. The highest BCUT2D eigenvalue weighted by Gasteiger charge is 2.31. The van der Waals surface area contributed by atoms with Crippen LogP contribution in [-0.4, -0.2) is 59.9 Å². The molecule has 1 atom stereocenters. The van der Waals surface area contributed by atoms with Gasteiger partial charge in [-0.25, -0.2) is 0 Å². The fraction of sp³-hybridized carbons (Fsp3) is 0.700. The van der Waals surface area contributed by atoms with Gasteiger partial charge in [0.05, 0.1) is 6.04 Å². The highest BCUT2D eigenvalue weighted by atomic mass is 16.3. The van der Waals surface area contributed by atoms with Gasteiger partial charge in [-0.05, 0) is 57.6 Å². The molecule has 0 aliphatic carbocycles. The molecule has 2 aliphatic rings. The van der Waals surface area contributed by atoms with E-state index in [1.165, 1.54) is 0 Å². The molecule has 0 radical (unpaired) electrons. The zero-order chi connectivity index (χ0) is 18.7.